The molecule has 4 heteroatoms. The molecule has 1 aliphatic carbocycles. The summed E-state index contributed by atoms with van der Waals surface area (Å²) in [5.41, 5.74) is -0.696. The standard InChI is InChI=1S/C10H19NO3/c1-8(7-14-2)11-10(9(12)13)5-3-4-6-10/h8,11H,3-7H2,1-2H3,(H,12,13). The van der Waals surface area contributed by atoms with E-state index in [4.69, 9.17) is 4.74 Å². The molecule has 1 fully saturated rings. The lowest BCUT2D eigenvalue weighted by molar-refractivity contribution is -0.145. The van der Waals surface area contributed by atoms with E-state index in [1.165, 1.54) is 0 Å². The maximum Gasteiger partial charge on any atom is 0.323 e. The van der Waals surface area contributed by atoms with Gasteiger partial charge < -0.3 is 9.84 Å². The number of methoxy groups -OCH3 is 1. The van der Waals surface area contributed by atoms with E-state index in [0.29, 0.717) is 6.61 Å². The Labute approximate surface area is 84.6 Å². The number of carbonyl (C=O) groups is 1. The molecule has 1 rings (SSSR count). The molecule has 4 nitrogen and oxygen atoms in total. The van der Waals surface area contributed by atoms with Crippen molar-refractivity contribution in [3.8, 4) is 0 Å². The normalized spacial score (nSPS) is 22.1. The Balaban J connectivity index is 2.55. The van der Waals surface area contributed by atoms with Crippen molar-refractivity contribution < 1.29 is 14.6 Å². The van der Waals surface area contributed by atoms with Crippen molar-refractivity contribution in [3.63, 3.8) is 0 Å². The Kier molecular flexibility index (Phi) is 3.89. The van der Waals surface area contributed by atoms with Crippen molar-refractivity contribution in [2.24, 2.45) is 0 Å². The van der Waals surface area contributed by atoms with Gasteiger partial charge in [-0.1, -0.05) is 12.8 Å². The van der Waals surface area contributed by atoms with Gasteiger partial charge in [-0.15, -0.1) is 0 Å². The topological polar surface area (TPSA) is 58.6 Å². The van der Waals surface area contributed by atoms with Gasteiger partial charge in [0, 0.05) is 13.2 Å². The number of ether oxygens (including phenoxy) is 1. The maximum atomic E-state index is 11.2. The molecule has 82 valence electrons. The zero-order chi connectivity index (χ0) is 10.6. The number of carboxylic acids is 1. The quantitative estimate of drug-likeness (QED) is 0.697. The van der Waals surface area contributed by atoms with Gasteiger partial charge in [0.2, 0.25) is 0 Å². The van der Waals surface area contributed by atoms with Crippen molar-refractivity contribution >= 4 is 5.97 Å². The van der Waals surface area contributed by atoms with Gasteiger partial charge in [0.15, 0.2) is 0 Å². The van der Waals surface area contributed by atoms with Crippen LogP contribution in [0.25, 0.3) is 0 Å². The molecule has 0 amide bonds. The first-order valence-electron chi connectivity index (χ1n) is 5.11. The number of hydrogen-bond acceptors (Lipinski definition) is 3. The van der Waals surface area contributed by atoms with Gasteiger partial charge in [-0.05, 0) is 19.8 Å². The zero-order valence-electron chi connectivity index (χ0n) is 8.88. The van der Waals surface area contributed by atoms with Crippen molar-refractivity contribution in [3.05, 3.63) is 0 Å². The van der Waals surface area contributed by atoms with Crippen LogP contribution in [-0.4, -0.2) is 36.4 Å². The average Bonchev–Trinajstić information content (AvgIpc) is 2.54. The largest absolute Gasteiger partial charge is 0.480 e. The second-order valence-corrected chi connectivity index (χ2v) is 4.10. The van der Waals surface area contributed by atoms with E-state index in [2.05, 4.69) is 5.32 Å². The summed E-state index contributed by atoms with van der Waals surface area (Å²) in [7, 11) is 1.63. The Morgan fingerprint density at radius 2 is 2.14 bits per heavy atom. The van der Waals surface area contributed by atoms with E-state index in [1.807, 2.05) is 6.92 Å². The van der Waals surface area contributed by atoms with Crippen LogP contribution >= 0.6 is 0 Å². The first-order valence-corrected chi connectivity index (χ1v) is 5.11. The molecule has 0 aromatic rings. The van der Waals surface area contributed by atoms with Crippen LogP contribution in [0.15, 0.2) is 0 Å². The molecule has 0 aromatic carbocycles. The summed E-state index contributed by atoms with van der Waals surface area (Å²) in [6.45, 7) is 2.50. The second-order valence-electron chi connectivity index (χ2n) is 4.10. The minimum atomic E-state index is -0.724. The molecule has 0 heterocycles. The number of rotatable bonds is 5. The number of carboxylic acid groups (broad SMARTS) is 1. The fourth-order valence-electron chi connectivity index (χ4n) is 2.16. The van der Waals surface area contributed by atoms with Crippen LogP contribution in [0.3, 0.4) is 0 Å². The van der Waals surface area contributed by atoms with E-state index >= 15 is 0 Å². The first-order chi connectivity index (χ1) is 6.60. The second kappa shape index (κ2) is 4.75. The predicted molar refractivity (Wildman–Crippen MR) is 53.3 cm³/mol. The first kappa shape index (κ1) is 11.5. The van der Waals surface area contributed by atoms with Crippen LogP contribution in [-0.2, 0) is 9.53 Å². The Morgan fingerprint density at radius 1 is 1.57 bits per heavy atom. The molecule has 0 spiro atoms. The SMILES string of the molecule is COCC(C)NC1(C(=O)O)CCCC1. The summed E-state index contributed by atoms with van der Waals surface area (Å²) in [4.78, 5) is 11.2. The number of aliphatic carboxylic acids is 1. The number of hydrogen-bond donors (Lipinski definition) is 2. The molecule has 0 radical (unpaired) electrons. The molecule has 0 bridgehead atoms. The summed E-state index contributed by atoms with van der Waals surface area (Å²) in [6.07, 6.45) is 3.46. The highest BCUT2D eigenvalue weighted by atomic mass is 16.5. The number of nitrogens with one attached hydrogen (secondary N) is 1. The summed E-state index contributed by atoms with van der Waals surface area (Å²) in [5.74, 6) is -0.724. The van der Waals surface area contributed by atoms with E-state index in [-0.39, 0.29) is 6.04 Å². The average molecular weight is 201 g/mol. The van der Waals surface area contributed by atoms with Gasteiger partial charge in [-0.3, -0.25) is 10.1 Å². The highest BCUT2D eigenvalue weighted by Crippen LogP contribution is 2.30. The minimum Gasteiger partial charge on any atom is -0.480 e. The van der Waals surface area contributed by atoms with Gasteiger partial charge in [0.05, 0.1) is 6.61 Å². The van der Waals surface area contributed by atoms with Gasteiger partial charge in [0.25, 0.3) is 0 Å². The smallest absolute Gasteiger partial charge is 0.323 e. The molecule has 1 unspecified atom stereocenters. The minimum absolute atomic E-state index is 0.0919. The lowest BCUT2D eigenvalue weighted by atomic mass is 9.97. The Morgan fingerprint density at radius 3 is 2.57 bits per heavy atom. The highest BCUT2D eigenvalue weighted by molar-refractivity contribution is 5.79. The Bertz CT molecular complexity index is 200. The van der Waals surface area contributed by atoms with E-state index < -0.39 is 11.5 Å². The van der Waals surface area contributed by atoms with E-state index in [0.717, 1.165) is 25.7 Å². The fraction of sp³-hybridized carbons (Fsp3) is 0.900. The summed E-state index contributed by atoms with van der Waals surface area (Å²) >= 11 is 0. The molecule has 0 aliphatic heterocycles. The van der Waals surface area contributed by atoms with Crippen molar-refractivity contribution in [2.45, 2.75) is 44.2 Å². The van der Waals surface area contributed by atoms with E-state index in [9.17, 15) is 9.90 Å². The molecule has 0 saturated heterocycles. The lowest BCUT2D eigenvalue weighted by Gasteiger charge is -2.29. The molecular formula is C10H19NO3. The van der Waals surface area contributed by atoms with Crippen molar-refractivity contribution in [2.75, 3.05) is 13.7 Å². The third-order valence-electron chi connectivity index (χ3n) is 2.81. The van der Waals surface area contributed by atoms with Crippen LogP contribution in [0.2, 0.25) is 0 Å². The maximum absolute atomic E-state index is 11.2. The van der Waals surface area contributed by atoms with Gasteiger partial charge in [-0.2, -0.15) is 0 Å². The van der Waals surface area contributed by atoms with Crippen LogP contribution in [0, 0.1) is 0 Å². The van der Waals surface area contributed by atoms with Gasteiger partial charge in [-0.25, -0.2) is 0 Å². The summed E-state index contributed by atoms with van der Waals surface area (Å²) in [6, 6.07) is 0.0919. The molecular weight excluding hydrogens is 182 g/mol. The molecule has 1 saturated carbocycles. The fourth-order valence-corrected chi connectivity index (χ4v) is 2.16. The van der Waals surface area contributed by atoms with E-state index in [1.54, 1.807) is 7.11 Å². The summed E-state index contributed by atoms with van der Waals surface area (Å²) in [5, 5.41) is 12.3. The van der Waals surface area contributed by atoms with Crippen LogP contribution in [0.5, 0.6) is 0 Å². The zero-order valence-corrected chi connectivity index (χ0v) is 8.88. The molecule has 0 aromatic heterocycles. The van der Waals surface area contributed by atoms with Gasteiger partial charge >= 0.3 is 5.97 Å². The summed E-state index contributed by atoms with van der Waals surface area (Å²) < 4.78 is 4.98. The highest BCUT2D eigenvalue weighted by Gasteiger charge is 2.41. The lowest BCUT2D eigenvalue weighted by Crippen LogP contribution is -2.54. The predicted octanol–water partition coefficient (Wildman–Crippen LogP) is 1.01. The molecule has 14 heavy (non-hydrogen) atoms. The van der Waals surface area contributed by atoms with Gasteiger partial charge in [0.1, 0.15) is 5.54 Å². The Hall–Kier alpha value is -0.610. The van der Waals surface area contributed by atoms with Crippen LogP contribution < -0.4 is 5.32 Å². The molecule has 2 N–H and O–H groups in total. The van der Waals surface area contributed by atoms with Crippen molar-refractivity contribution in [1.82, 2.24) is 5.32 Å². The van der Waals surface area contributed by atoms with Crippen LogP contribution in [0.1, 0.15) is 32.6 Å². The molecule has 1 atom stereocenters. The van der Waals surface area contributed by atoms with Crippen LogP contribution in [0.4, 0.5) is 0 Å². The van der Waals surface area contributed by atoms with Crippen molar-refractivity contribution in [1.29, 1.82) is 0 Å². The third-order valence-corrected chi connectivity index (χ3v) is 2.81. The molecule has 1 aliphatic rings. The third kappa shape index (κ3) is 2.45. The monoisotopic (exact) mass is 201 g/mol.